The van der Waals surface area contributed by atoms with Crippen LogP contribution in [-0.4, -0.2) is 17.7 Å². The molecule has 0 aromatic heterocycles. The second-order valence-electron chi connectivity index (χ2n) is 6.22. The van der Waals surface area contributed by atoms with E-state index < -0.39 is 0 Å². The van der Waals surface area contributed by atoms with Gasteiger partial charge in [-0.1, -0.05) is 18.2 Å². The van der Waals surface area contributed by atoms with Crippen molar-refractivity contribution >= 4 is 0 Å². The van der Waals surface area contributed by atoms with Gasteiger partial charge in [-0.05, 0) is 39.2 Å². The van der Waals surface area contributed by atoms with E-state index in [9.17, 15) is 0 Å². The number of rotatable bonds is 4. The van der Waals surface area contributed by atoms with Gasteiger partial charge in [0.1, 0.15) is 0 Å². The Kier molecular flexibility index (Phi) is 11.2. The van der Waals surface area contributed by atoms with Crippen molar-refractivity contribution in [3.05, 3.63) is 47.6 Å². The van der Waals surface area contributed by atoms with Crippen LogP contribution in [0.1, 0.15) is 40.0 Å². The van der Waals surface area contributed by atoms with Gasteiger partial charge in [0.05, 0.1) is 11.2 Å². The molecule has 5 heteroatoms. The van der Waals surface area contributed by atoms with Crippen LogP contribution in [0.2, 0.25) is 0 Å². The SMILES string of the molecule is CC(C)(C)OC1(CC2=[C-]CC=C2)CC=CC=C1CN.[Cl-].[Cl-].[Ti+3]. The summed E-state index contributed by atoms with van der Waals surface area (Å²) in [5.74, 6) is 0. The summed E-state index contributed by atoms with van der Waals surface area (Å²) < 4.78 is 6.44. The molecule has 22 heavy (non-hydrogen) atoms. The van der Waals surface area contributed by atoms with Crippen LogP contribution in [0.4, 0.5) is 0 Å². The van der Waals surface area contributed by atoms with Crippen molar-refractivity contribution in [3.8, 4) is 0 Å². The first-order chi connectivity index (χ1) is 8.95. The largest absolute Gasteiger partial charge is 3.00 e. The Balaban J connectivity index is 0. The van der Waals surface area contributed by atoms with Gasteiger partial charge in [-0.2, -0.15) is 6.08 Å². The minimum absolute atomic E-state index is 0. The van der Waals surface area contributed by atoms with E-state index in [4.69, 9.17) is 10.5 Å². The molecular weight excluding hydrogens is 353 g/mol. The zero-order valence-corrected chi connectivity index (χ0v) is 16.5. The van der Waals surface area contributed by atoms with Crippen LogP contribution in [0, 0.1) is 6.08 Å². The molecule has 0 bridgehead atoms. The molecule has 0 fully saturated rings. The maximum atomic E-state index is 6.44. The number of nitrogens with two attached hydrogens (primary N) is 1. The first-order valence-electron chi connectivity index (χ1n) is 6.98. The van der Waals surface area contributed by atoms with E-state index in [0.29, 0.717) is 6.54 Å². The molecule has 2 N–H and O–H groups in total. The molecule has 0 aliphatic heterocycles. The van der Waals surface area contributed by atoms with E-state index in [2.05, 4.69) is 57.2 Å². The summed E-state index contributed by atoms with van der Waals surface area (Å²) in [6.45, 7) is 6.84. The fourth-order valence-corrected chi connectivity index (χ4v) is 2.77. The second-order valence-corrected chi connectivity index (χ2v) is 6.22. The predicted molar refractivity (Wildman–Crippen MR) is 79.6 cm³/mol. The fourth-order valence-electron chi connectivity index (χ4n) is 2.77. The summed E-state index contributed by atoms with van der Waals surface area (Å²) in [5.41, 5.74) is 7.86. The van der Waals surface area contributed by atoms with Crippen molar-refractivity contribution in [2.24, 2.45) is 5.73 Å². The van der Waals surface area contributed by atoms with Crippen molar-refractivity contribution in [1.82, 2.24) is 0 Å². The van der Waals surface area contributed by atoms with E-state index in [-0.39, 0.29) is 57.7 Å². The third-order valence-corrected chi connectivity index (χ3v) is 3.43. The average molecular weight is 377 g/mol. The maximum absolute atomic E-state index is 6.44. The molecule has 1 atom stereocenters. The predicted octanol–water partition coefficient (Wildman–Crippen LogP) is -2.53. The van der Waals surface area contributed by atoms with Gasteiger partial charge in [0.25, 0.3) is 0 Å². The Labute approximate surface area is 162 Å². The van der Waals surface area contributed by atoms with Gasteiger partial charge in [0.2, 0.25) is 0 Å². The summed E-state index contributed by atoms with van der Waals surface area (Å²) in [6, 6.07) is 0. The fraction of sp³-hybridized carbons (Fsp3) is 0.529. The topological polar surface area (TPSA) is 35.2 Å². The van der Waals surface area contributed by atoms with E-state index in [1.807, 2.05) is 0 Å². The molecule has 0 saturated heterocycles. The molecule has 0 aromatic rings. The van der Waals surface area contributed by atoms with Gasteiger partial charge < -0.3 is 35.3 Å². The molecule has 1 unspecified atom stereocenters. The molecule has 2 nitrogen and oxygen atoms in total. The van der Waals surface area contributed by atoms with Crippen LogP contribution in [0.3, 0.4) is 0 Å². The molecular formula is C17H24Cl2NOTi. The van der Waals surface area contributed by atoms with E-state index >= 15 is 0 Å². The molecule has 0 aromatic carbocycles. The van der Waals surface area contributed by atoms with E-state index in [1.165, 1.54) is 11.1 Å². The first-order valence-corrected chi connectivity index (χ1v) is 6.98. The van der Waals surface area contributed by atoms with Crippen molar-refractivity contribution in [2.75, 3.05) is 6.54 Å². The van der Waals surface area contributed by atoms with Gasteiger partial charge >= 0.3 is 21.7 Å². The molecule has 0 amide bonds. The Hall–Kier alpha value is 0.174. The van der Waals surface area contributed by atoms with E-state index in [0.717, 1.165) is 19.3 Å². The summed E-state index contributed by atoms with van der Waals surface area (Å²) in [6.07, 6.45) is 16.7. The number of halogens is 2. The van der Waals surface area contributed by atoms with Crippen LogP contribution < -0.4 is 30.5 Å². The minimum Gasteiger partial charge on any atom is -1.00 e. The third-order valence-electron chi connectivity index (χ3n) is 3.43. The van der Waals surface area contributed by atoms with Crippen LogP contribution >= 0.6 is 0 Å². The van der Waals surface area contributed by atoms with Crippen LogP contribution in [0.25, 0.3) is 0 Å². The minimum atomic E-state index is -0.307. The summed E-state index contributed by atoms with van der Waals surface area (Å²) in [5, 5.41) is 0. The molecule has 121 valence electrons. The van der Waals surface area contributed by atoms with Gasteiger partial charge in [-0.15, -0.1) is 6.42 Å². The second kappa shape index (κ2) is 10.1. The molecule has 0 saturated carbocycles. The molecule has 0 heterocycles. The van der Waals surface area contributed by atoms with Crippen molar-refractivity contribution < 1.29 is 51.3 Å². The standard InChI is InChI=1S/C17H24NO.2ClH.Ti/c1-16(2,3)19-17(12-14-8-4-5-9-14)11-7-6-10-15(17)13-18;;;/h4,6-8,10H,5,11-13,18H2,1-3H3;2*1H;/q-1;;;+3/p-2. The van der Waals surface area contributed by atoms with Crippen molar-refractivity contribution in [1.29, 1.82) is 0 Å². The van der Waals surface area contributed by atoms with Gasteiger partial charge in [-0.3, -0.25) is 6.08 Å². The molecule has 1 radical (unpaired) electrons. The maximum Gasteiger partial charge on any atom is 3.00 e. The van der Waals surface area contributed by atoms with Crippen molar-refractivity contribution in [3.63, 3.8) is 0 Å². The van der Waals surface area contributed by atoms with Gasteiger partial charge in [0, 0.05) is 6.54 Å². The quantitative estimate of drug-likeness (QED) is 0.434. The summed E-state index contributed by atoms with van der Waals surface area (Å²) in [4.78, 5) is 0. The van der Waals surface area contributed by atoms with Crippen molar-refractivity contribution in [2.45, 2.75) is 51.2 Å². The third kappa shape index (κ3) is 6.35. The van der Waals surface area contributed by atoms with Crippen LogP contribution in [0.15, 0.2) is 41.5 Å². The molecule has 2 aliphatic rings. The zero-order valence-electron chi connectivity index (χ0n) is 13.5. The molecule has 2 aliphatic carbocycles. The van der Waals surface area contributed by atoms with Gasteiger partial charge in [0.15, 0.2) is 0 Å². The van der Waals surface area contributed by atoms with E-state index in [1.54, 1.807) is 0 Å². The zero-order chi connectivity index (χ0) is 13.9. The number of hydrogen-bond acceptors (Lipinski definition) is 2. The monoisotopic (exact) mass is 376 g/mol. The molecule has 0 spiro atoms. The van der Waals surface area contributed by atoms with Crippen LogP contribution in [0.5, 0.6) is 0 Å². The smallest absolute Gasteiger partial charge is 1.00 e. The average Bonchev–Trinajstić information content (AvgIpc) is 2.79. The molecule has 2 rings (SSSR count). The van der Waals surface area contributed by atoms with Crippen LogP contribution in [-0.2, 0) is 26.5 Å². The summed E-state index contributed by atoms with van der Waals surface area (Å²) in [7, 11) is 0. The first kappa shape index (κ1) is 24.4. The normalized spacial score (nSPS) is 22.9. The summed E-state index contributed by atoms with van der Waals surface area (Å²) >= 11 is 0. The number of allylic oxidation sites excluding steroid dienone is 5. The Bertz CT molecular complexity index is 464. The Morgan fingerprint density at radius 2 is 1.95 bits per heavy atom. The number of ether oxygens (including phenoxy) is 1. The van der Waals surface area contributed by atoms with Gasteiger partial charge in [-0.25, -0.2) is 11.6 Å². The Morgan fingerprint density at radius 1 is 1.27 bits per heavy atom. The Morgan fingerprint density at radius 3 is 2.45 bits per heavy atom. The number of hydrogen-bond donors (Lipinski definition) is 1.